The van der Waals surface area contributed by atoms with Crippen LogP contribution < -0.4 is 9.62 Å². The fourth-order valence-electron chi connectivity index (χ4n) is 6.25. The van der Waals surface area contributed by atoms with E-state index in [1.807, 2.05) is 25.7 Å². The summed E-state index contributed by atoms with van der Waals surface area (Å²) in [5.74, 6) is -1.19. The zero-order valence-electron chi connectivity index (χ0n) is 27.5. The van der Waals surface area contributed by atoms with Crippen LogP contribution in [0.3, 0.4) is 0 Å². The summed E-state index contributed by atoms with van der Waals surface area (Å²) in [4.78, 5) is 20.1. The number of benzene rings is 2. The molecule has 1 N–H and O–H groups in total. The van der Waals surface area contributed by atoms with Crippen LogP contribution in [0.5, 0.6) is 0 Å². The predicted octanol–water partition coefficient (Wildman–Crippen LogP) is 6.93. The molecule has 1 saturated heterocycles. The SMILES string of the molecule is Cc1cc(NS(=O)(=O)C2CCCC2)c(F)c(-c2cn(-c3ccc(N4CCN(C(=O)OC(C)(C)C)CC4)c(F)c3)nc2-c2ccncc2)c1. The molecule has 1 amide bonds. The van der Waals surface area contributed by atoms with E-state index in [1.54, 1.807) is 60.7 Å². The van der Waals surface area contributed by atoms with Crippen molar-refractivity contribution in [1.29, 1.82) is 0 Å². The Balaban J connectivity index is 1.31. The van der Waals surface area contributed by atoms with Crippen molar-refractivity contribution in [1.82, 2.24) is 19.7 Å². The minimum absolute atomic E-state index is 0.118. The maximum atomic E-state index is 16.3. The molecule has 2 fully saturated rings. The Morgan fingerprint density at radius 1 is 0.958 bits per heavy atom. The third-order valence-electron chi connectivity index (χ3n) is 8.64. The number of carbonyl (C=O) groups excluding carboxylic acids is 1. The Hall–Kier alpha value is -4.52. The Bertz CT molecular complexity index is 1910. The van der Waals surface area contributed by atoms with Crippen molar-refractivity contribution in [3.8, 4) is 28.1 Å². The lowest BCUT2D eigenvalue weighted by Gasteiger charge is -2.36. The van der Waals surface area contributed by atoms with Crippen molar-refractivity contribution in [2.75, 3.05) is 35.8 Å². The van der Waals surface area contributed by atoms with Crippen molar-refractivity contribution in [3.05, 3.63) is 78.3 Å². The van der Waals surface area contributed by atoms with E-state index >= 15 is 8.78 Å². The highest BCUT2D eigenvalue weighted by molar-refractivity contribution is 7.93. The molecular formula is C35H40F2N6O4S. The Morgan fingerprint density at radius 3 is 2.29 bits per heavy atom. The topological polar surface area (TPSA) is 110 Å². The van der Waals surface area contributed by atoms with Crippen LogP contribution >= 0.6 is 0 Å². The van der Waals surface area contributed by atoms with Gasteiger partial charge in [0.15, 0.2) is 5.82 Å². The third-order valence-corrected chi connectivity index (χ3v) is 10.5. The minimum atomic E-state index is -3.77. The number of rotatable bonds is 7. The van der Waals surface area contributed by atoms with Gasteiger partial charge in [0.05, 0.1) is 22.3 Å². The zero-order chi connectivity index (χ0) is 34.2. The number of nitrogens with one attached hydrogen (secondary N) is 1. The molecule has 0 spiro atoms. The van der Waals surface area contributed by atoms with Crippen molar-refractivity contribution < 1.29 is 26.7 Å². The molecular weight excluding hydrogens is 638 g/mol. The molecule has 2 aromatic heterocycles. The average Bonchev–Trinajstić information content (AvgIpc) is 3.74. The number of sulfonamides is 1. The van der Waals surface area contributed by atoms with Gasteiger partial charge in [0.1, 0.15) is 17.1 Å². The fourth-order valence-corrected chi connectivity index (χ4v) is 7.83. The number of carbonyl (C=O) groups is 1. The Kier molecular flexibility index (Phi) is 9.16. The summed E-state index contributed by atoms with van der Waals surface area (Å²) < 4.78 is 67.6. The molecule has 48 heavy (non-hydrogen) atoms. The van der Waals surface area contributed by atoms with Gasteiger partial charge in [0, 0.05) is 67.5 Å². The van der Waals surface area contributed by atoms with Gasteiger partial charge >= 0.3 is 6.09 Å². The van der Waals surface area contributed by atoms with Gasteiger partial charge in [0.25, 0.3) is 0 Å². The smallest absolute Gasteiger partial charge is 0.410 e. The van der Waals surface area contributed by atoms with E-state index in [-0.39, 0.29) is 17.3 Å². The van der Waals surface area contributed by atoms with Crippen molar-refractivity contribution >= 4 is 27.5 Å². The number of nitrogens with zero attached hydrogens (tertiary/aromatic N) is 5. The first-order valence-corrected chi connectivity index (χ1v) is 17.7. The summed E-state index contributed by atoms with van der Waals surface area (Å²) >= 11 is 0. The van der Waals surface area contributed by atoms with E-state index in [9.17, 15) is 13.2 Å². The number of hydrogen-bond donors (Lipinski definition) is 1. The maximum absolute atomic E-state index is 16.3. The van der Waals surface area contributed by atoms with Gasteiger partial charge < -0.3 is 14.5 Å². The molecule has 2 aromatic carbocycles. The second-order valence-electron chi connectivity index (χ2n) is 13.4. The van der Waals surface area contributed by atoms with Crippen LogP contribution in [0.15, 0.2) is 61.1 Å². The number of hydrogen-bond acceptors (Lipinski definition) is 7. The number of amides is 1. The summed E-state index contributed by atoms with van der Waals surface area (Å²) in [6, 6.07) is 11.4. The van der Waals surface area contributed by atoms with E-state index < -0.39 is 32.5 Å². The van der Waals surface area contributed by atoms with Crippen molar-refractivity contribution in [2.24, 2.45) is 0 Å². The molecule has 0 radical (unpaired) electrons. The van der Waals surface area contributed by atoms with Gasteiger partial charge in [0.2, 0.25) is 10.0 Å². The number of aromatic nitrogens is 3. The molecule has 1 aliphatic heterocycles. The van der Waals surface area contributed by atoms with Gasteiger partial charge in [-0.1, -0.05) is 12.8 Å². The molecule has 4 aromatic rings. The Morgan fingerprint density at radius 2 is 1.65 bits per heavy atom. The summed E-state index contributed by atoms with van der Waals surface area (Å²) in [6.07, 6.45) is 7.18. The summed E-state index contributed by atoms with van der Waals surface area (Å²) in [7, 11) is -3.77. The highest BCUT2D eigenvalue weighted by atomic mass is 32.2. The molecule has 0 bridgehead atoms. The molecule has 3 heterocycles. The number of pyridine rings is 1. The number of halogens is 2. The Labute approximate surface area is 279 Å². The number of ether oxygens (including phenoxy) is 1. The highest BCUT2D eigenvalue weighted by Gasteiger charge is 2.31. The molecule has 254 valence electrons. The molecule has 0 unspecified atom stereocenters. The van der Waals surface area contributed by atoms with Gasteiger partial charge in [-0.25, -0.2) is 26.7 Å². The molecule has 1 saturated carbocycles. The van der Waals surface area contributed by atoms with Crippen LogP contribution in [0.1, 0.15) is 52.0 Å². The summed E-state index contributed by atoms with van der Waals surface area (Å²) in [6.45, 7) is 8.89. The first-order valence-electron chi connectivity index (χ1n) is 16.1. The third kappa shape index (κ3) is 7.15. The van der Waals surface area contributed by atoms with Crippen LogP contribution in [0.25, 0.3) is 28.1 Å². The molecule has 2 aliphatic rings. The van der Waals surface area contributed by atoms with Crippen LogP contribution in [0, 0.1) is 18.6 Å². The first-order chi connectivity index (χ1) is 22.8. The van der Waals surface area contributed by atoms with Crippen molar-refractivity contribution in [3.63, 3.8) is 0 Å². The monoisotopic (exact) mass is 678 g/mol. The van der Waals surface area contributed by atoms with E-state index in [2.05, 4.69) is 9.71 Å². The lowest BCUT2D eigenvalue weighted by molar-refractivity contribution is 0.0240. The average molecular weight is 679 g/mol. The predicted molar refractivity (Wildman–Crippen MR) is 182 cm³/mol. The van der Waals surface area contributed by atoms with E-state index in [0.29, 0.717) is 72.8 Å². The van der Waals surface area contributed by atoms with Gasteiger partial charge in [-0.15, -0.1) is 0 Å². The quantitative estimate of drug-likeness (QED) is 0.226. The number of anilines is 2. The van der Waals surface area contributed by atoms with Gasteiger partial charge in [-0.05, 0) is 82.5 Å². The molecule has 1 aliphatic carbocycles. The number of aryl methyl sites for hydroxylation is 1. The van der Waals surface area contributed by atoms with Crippen LogP contribution in [-0.2, 0) is 14.8 Å². The molecule has 13 heteroatoms. The van der Waals surface area contributed by atoms with Crippen LogP contribution in [0.2, 0.25) is 0 Å². The standard InChI is InChI=1S/C35H40F2N6O4S/c1-23-19-27(32(37)30(20-23)40-48(45,46)26-7-5-6-8-26)28-22-43(39-33(28)24-11-13-38-14-12-24)25-9-10-31(29(36)21-25)41-15-17-42(18-16-41)34(44)47-35(2,3)4/h9-14,19-22,26,40H,5-8,15-18H2,1-4H3. The normalized spacial score (nSPS) is 16.0. The zero-order valence-corrected chi connectivity index (χ0v) is 28.4. The van der Waals surface area contributed by atoms with E-state index in [0.717, 1.165) is 12.8 Å². The fraction of sp³-hybridized carbons (Fsp3) is 0.400. The first kappa shape index (κ1) is 33.4. The summed E-state index contributed by atoms with van der Waals surface area (Å²) in [5, 5.41) is 4.20. The lowest BCUT2D eigenvalue weighted by Crippen LogP contribution is -2.50. The minimum Gasteiger partial charge on any atom is -0.444 e. The van der Waals surface area contributed by atoms with Crippen LogP contribution in [0.4, 0.5) is 25.0 Å². The van der Waals surface area contributed by atoms with Gasteiger partial charge in [-0.3, -0.25) is 9.71 Å². The van der Waals surface area contributed by atoms with Crippen molar-refractivity contribution in [2.45, 2.75) is 64.2 Å². The molecule has 6 rings (SSSR count). The highest BCUT2D eigenvalue weighted by Crippen LogP contribution is 2.38. The van der Waals surface area contributed by atoms with E-state index in [1.165, 1.54) is 16.8 Å². The van der Waals surface area contributed by atoms with Crippen LogP contribution in [-0.4, -0.2) is 71.2 Å². The second-order valence-corrected chi connectivity index (χ2v) is 15.4. The second kappa shape index (κ2) is 13.2. The molecule has 0 atom stereocenters. The van der Waals surface area contributed by atoms with Gasteiger partial charge in [-0.2, -0.15) is 5.10 Å². The largest absolute Gasteiger partial charge is 0.444 e. The molecule has 10 nitrogen and oxygen atoms in total. The lowest BCUT2D eigenvalue weighted by atomic mass is 9.99. The summed E-state index contributed by atoms with van der Waals surface area (Å²) in [5.41, 5.74) is 2.41. The van der Waals surface area contributed by atoms with E-state index in [4.69, 9.17) is 9.84 Å². The number of piperazine rings is 1. The maximum Gasteiger partial charge on any atom is 0.410 e.